The number of unbranched alkanes of at least 4 members (excludes halogenated alkanes) is 2. The van der Waals surface area contributed by atoms with Crippen molar-refractivity contribution in [1.82, 2.24) is 30.0 Å². The van der Waals surface area contributed by atoms with Crippen LogP contribution in [0, 0.1) is 5.41 Å². The fourth-order valence-corrected chi connectivity index (χ4v) is 7.68. The molecule has 1 fully saturated rings. The van der Waals surface area contributed by atoms with E-state index >= 15 is 0 Å². The number of carbonyl (C=O) groups is 1. The maximum atomic E-state index is 14.5. The lowest BCUT2D eigenvalue weighted by Gasteiger charge is -2.44. The van der Waals surface area contributed by atoms with Crippen LogP contribution >= 0.6 is 0 Å². The molecule has 3 heterocycles. The highest BCUT2D eigenvalue weighted by Gasteiger charge is 2.51. The molecule has 2 aliphatic rings. The topological polar surface area (TPSA) is 108 Å². The number of benzene rings is 2. The molecule has 0 saturated heterocycles. The molecule has 0 bridgehead atoms. The van der Waals surface area contributed by atoms with Crippen LogP contribution in [0.25, 0.3) is 22.5 Å². The van der Waals surface area contributed by atoms with E-state index < -0.39 is 5.41 Å². The Labute approximate surface area is 265 Å². The summed E-state index contributed by atoms with van der Waals surface area (Å²) in [5.41, 5.74) is 5.53. The number of aromatic amines is 1. The highest BCUT2D eigenvalue weighted by Crippen LogP contribution is 2.49. The quantitative estimate of drug-likeness (QED) is 0.144. The van der Waals surface area contributed by atoms with Crippen LogP contribution in [-0.4, -0.2) is 42.1 Å². The Morgan fingerprint density at radius 2 is 1.78 bits per heavy atom. The number of rotatable bonds is 11. The monoisotopic (exact) mass is 610 g/mol. The number of H-pyrrole nitrogens is 1. The molecule has 6 rings (SSSR count). The fraction of sp³-hybridized carbons (Fsp3) is 0.528. The van der Waals surface area contributed by atoms with Crippen LogP contribution in [0.3, 0.4) is 0 Å². The number of hydrogen-bond acceptors (Lipinski definition) is 6. The average molecular weight is 611 g/mol. The highest BCUT2D eigenvalue weighted by atomic mass is 16.5. The average Bonchev–Trinajstić information content (AvgIpc) is 3.69. The summed E-state index contributed by atoms with van der Waals surface area (Å²) in [5, 5.41) is 14.6. The number of aromatic nitrogens is 6. The molecular weight excluding hydrogens is 564 g/mol. The van der Waals surface area contributed by atoms with E-state index in [0.717, 1.165) is 111 Å². The number of ether oxygens (including phenoxy) is 1. The van der Waals surface area contributed by atoms with Gasteiger partial charge in [-0.15, -0.1) is 10.2 Å². The zero-order valence-corrected chi connectivity index (χ0v) is 26.9. The lowest BCUT2D eigenvalue weighted by molar-refractivity contribution is -0.167. The predicted octanol–water partition coefficient (Wildman–Crippen LogP) is 7.06. The van der Waals surface area contributed by atoms with Gasteiger partial charge in [-0.25, -0.2) is 4.68 Å². The standard InChI is InChI=1S/C36H46N6O3/c1-4-5-7-15-31-30(24-26-17-19-27(20-18-26)28-13-8-9-14-29(28)33-37-39-40-38-33)34(43)42-32(16-12-23-41(31)42)36(21-10-6-11-22-36)35(44)45-25(2)3/h8-9,13-14,17-20,25,32H,4-7,10-12,15-16,21-24H2,1-3H3,(H,37,38,39,40). The van der Waals surface area contributed by atoms with E-state index in [-0.39, 0.29) is 23.7 Å². The molecule has 45 heavy (non-hydrogen) atoms. The molecule has 2 aromatic heterocycles. The summed E-state index contributed by atoms with van der Waals surface area (Å²) in [7, 11) is 0. The molecular formula is C36H46N6O3. The maximum absolute atomic E-state index is 14.5. The summed E-state index contributed by atoms with van der Waals surface area (Å²) in [5.74, 6) is 0.441. The molecule has 2 aromatic carbocycles. The number of tetrazole rings is 1. The summed E-state index contributed by atoms with van der Waals surface area (Å²) in [6.45, 7) is 6.87. The van der Waals surface area contributed by atoms with Crippen LogP contribution in [0.1, 0.15) is 108 Å². The van der Waals surface area contributed by atoms with Gasteiger partial charge < -0.3 is 4.74 Å². The van der Waals surface area contributed by atoms with Crippen molar-refractivity contribution in [2.45, 2.75) is 117 Å². The van der Waals surface area contributed by atoms with E-state index in [0.29, 0.717) is 12.2 Å². The third-order valence-electron chi connectivity index (χ3n) is 9.84. The summed E-state index contributed by atoms with van der Waals surface area (Å²) < 4.78 is 10.2. The van der Waals surface area contributed by atoms with Gasteiger partial charge in [0.15, 0.2) is 0 Å². The molecule has 1 aliphatic carbocycles. The molecule has 0 spiro atoms. The smallest absolute Gasteiger partial charge is 0.314 e. The molecule has 238 valence electrons. The Bertz CT molecular complexity index is 1640. The number of hydrogen-bond donors (Lipinski definition) is 1. The van der Waals surface area contributed by atoms with E-state index in [1.807, 2.05) is 36.7 Å². The molecule has 1 aliphatic heterocycles. The minimum atomic E-state index is -0.644. The van der Waals surface area contributed by atoms with Crippen LogP contribution < -0.4 is 5.56 Å². The molecule has 1 unspecified atom stereocenters. The first-order chi connectivity index (χ1) is 21.9. The number of nitrogens with one attached hydrogen (secondary N) is 1. The Hall–Kier alpha value is -4.01. The van der Waals surface area contributed by atoms with Crippen LogP contribution in [0.4, 0.5) is 0 Å². The number of nitrogens with zero attached hydrogens (tertiary/aromatic N) is 5. The van der Waals surface area contributed by atoms with E-state index in [4.69, 9.17) is 4.74 Å². The Kier molecular flexibility index (Phi) is 9.33. The lowest BCUT2D eigenvalue weighted by Crippen LogP contribution is -2.49. The third-order valence-corrected chi connectivity index (χ3v) is 9.84. The molecule has 9 nitrogen and oxygen atoms in total. The molecule has 0 radical (unpaired) electrons. The van der Waals surface area contributed by atoms with Crippen molar-refractivity contribution in [3.63, 3.8) is 0 Å². The summed E-state index contributed by atoms with van der Waals surface area (Å²) in [6, 6.07) is 16.3. The second kappa shape index (κ2) is 13.5. The molecule has 0 amide bonds. The van der Waals surface area contributed by atoms with Gasteiger partial charge in [0.2, 0.25) is 5.82 Å². The van der Waals surface area contributed by atoms with Gasteiger partial charge in [-0.2, -0.15) is 5.21 Å². The van der Waals surface area contributed by atoms with Crippen LogP contribution in [0.2, 0.25) is 0 Å². The van der Waals surface area contributed by atoms with Crippen LogP contribution in [-0.2, 0) is 28.9 Å². The van der Waals surface area contributed by atoms with Gasteiger partial charge in [0.25, 0.3) is 5.56 Å². The second-order valence-electron chi connectivity index (χ2n) is 13.1. The lowest BCUT2D eigenvalue weighted by atomic mass is 9.67. The summed E-state index contributed by atoms with van der Waals surface area (Å²) in [4.78, 5) is 28.4. The molecule has 1 N–H and O–H groups in total. The molecule has 1 atom stereocenters. The Morgan fingerprint density at radius 3 is 2.47 bits per heavy atom. The zero-order chi connectivity index (χ0) is 31.4. The minimum absolute atomic E-state index is 0.0695. The van der Waals surface area contributed by atoms with Gasteiger partial charge in [-0.1, -0.05) is 87.6 Å². The molecule has 9 heteroatoms. The van der Waals surface area contributed by atoms with Crippen molar-refractivity contribution >= 4 is 5.97 Å². The number of esters is 1. The zero-order valence-electron chi connectivity index (χ0n) is 26.9. The van der Waals surface area contributed by atoms with Crippen molar-refractivity contribution in [3.05, 3.63) is 75.7 Å². The van der Waals surface area contributed by atoms with Gasteiger partial charge >= 0.3 is 5.97 Å². The summed E-state index contributed by atoms with van der Waals surface area (Å²) >= 11 is 0. The first kappa shape index (κ1) is 31.0. The normalized spacial score (nSPS) is 17.7. The van der Waals surface area contributed by atoms with E-state index in [1.165, 1.54) is 0 Å². The fourth-order valence-electron chi connectivity index (χ4n) is 7.68. The van der Waals surface area contributed by atoms with Gasteiger partial charge in [0.1, 0.15) is 0 Å². The van der Waals surface area contributed by atoms with Gasteiger partial charge in [0, 0.05) is 29.8 Å². The molecule has 1 saturated carbocycles. The third kappa shape index (κ3) is 6.14. The van der Waals surface area contributed by atoms with Crippen molar-refractivity contribution in [2.75, 3.05) is 0 Å². The Balaban J connectivity index is 1.37. The molecule has 4 aromatic rings. The van der Waals surface area contributed by atoms with E-state index in [2.05, 4.69) is 62.6 Å². The predicted molar refractivity (Wildman–Crippen MR) is 175 cm³/mol. The first-order valence-corrected chi connectivity index (χ1v) is 16.9. The second-order valence-corrected chi connectivity index (χ2v) is 13.1. The van der Waals surface area contributed by atoms with Crippen molar-refractivity contribution < 1.29 is 9.53 Å². The largest absolute Gasteiger partial charge is 0.462 e. The number of carbonyl (C=O) groups excluding carboxylic acids is 1. The van der Waals surface area contributed by atoms with Crippen LogP contribution in [0.15, 0.2) is 53.3 Å². The van der Waals surface area contributed by atoms with Crippen LogP contribution in [0.5, 0.6) is 0 Å². The van der Waals surface area contributed by atoms with Crippen molar-refractivity contribution in [1.29, 1.82) is 0 Å². The van der Waals surface area contributed by atoms with Gasteiger partial charge in [-0.3, -0.25) is 14.3 Å². The highest BCUT2D eigenvalue weighted by molar-refractivity contribution is 5.80. The SMILES string of the molecule is CCCCCc1c(Cc2ccc(-c3ccccc3-c3nn[nH]n3)cc2)c(=O)n2n1CCCC2C1(C(=O)OC(C)C)CCCCC1. The first-order valence-electron chi connectivity index (χ1n) is 16.9. The van der Waals surface area contributed by atoms with Gasteiger partial charge in [0.05, 0.1) is 17.6 Å². The van der Waals surface area contributed by atoms with Crippen molar-refractivity contribution in [3.8, 4) is 22.5 Å². The maximum Gasteiger partial charge on any atom is 0.314 e. The summed E-state index contributed by atoms with van der Waals surface area (Å²) in [6.07, 6.45) is 11.0. The van der Waals surface area contributed by atoms with Gasteiger partial charge in [-0.05, 0) is 74.3 Å². The minimum Gasteiger partial charge on any atom is -0.462 e. The number of fused-ring (bicyclic) bond motifs is 1. The van der Waals surface area contributed by atoms with E-state index in [1.54, 1.807) is 0 Å². The Morgan fingerprint density at radius 1 is 1.02 bits per heavy atom. The van der Waals surface area contributed by atoms with Crippen molar-refractivity contribution in [2.24, 2.45) is 5.41 Å². The van der Waals surface area contributed by atoms with E-state index in [9.17, 15) is 9.59 Å².